The lowest BCUT2D eigenvalue weighted by molar-refractivity contribution is 0.0721. The SMILES string of the molecule is CCCC(c1ccccc1)N1CC(CC)NCC1CC. The molecule has 0 aliphatic carbocycles. The van der Waals surface area contributed by atoms with Gasteiger partial charge in [-0.05, 0) is 24.8 Å². The molecule has 3 unspecified atom stereocenters. The third kappa shape index (κ3) is 3.62. The van der Waals surface area contributed by atoms with Gasteiger partial charge in [0.05, 0.1) is 0 Å². The minimum absolute atomic E-state index is 0.585. The molecule has 2 heteroatoms. The van der Waals surface area contributed by atoms with Crippen LogP contribution < -0.4 is 5.32 Å². The molecule has 1 aromatic rings. The van der Waals surface area contributed by atoms with Crippen molar-refractivity contribution in [3.05, 3.63) is 35.9 Å². The van der Waals surface area contributed by atoms with Crippen molar-refractivity contribution in [3.63, 3.8) is 0 Å². The fourth-order valence-electron chi connectivity index (χ4n) is 3.39. The Morgan fingerprint density at radius 3 is 2.50 bits per heavy atom. The van der Waals surface area contributed by atoms with Gasteiger partial charge in [-0.2, -0.15) is 0 Å². The van der Waals surface area contributed by atoms with Gasteiger partial charge in [0.1, 0.15) is 0 Å². The monoisotopic (exact) mass is 274 g/mol. The van der Waals surface area contributed by atoms with E-state index < -0.39 is 0 Å². The second-order valence-electron chi connectivity index (χ2n) is 5.99. The molecule has 1 aromatic carbocycles. The van der Waals surface area contributed by atoms with Gasteiger partial charge in [0.2, 0.25) is 0 Å². The molecule has 112 valence electrons. The second kappa shape index (κ2) is 7.80. The van der Waals surface area contributed by atoms with Gasteiger partial charge in [-0.3, -0.25) is 4.90 Å². The van der Waals surface area contributed by atoms with E-state index in [4.69, 9.17) is 0 Å². The Balaban J connectivity index is 2.21. The summed E-state index contributed by atoms with van der Waals surface area (Å²) in [6, 6.07) is 13.0. The zero-order valence-corrected chi connectivity index (χ0v) is 13.3. The maximum atomic E-state index is 3.71. The molecular formula is C18H30N2. The quantitative estimate of drug-likeness (QED) is 0.844. The lowest BCUT2D eigenvalue weighted by Crippen LogP contribution is -2.56. The minimum atomic E-state index is 0.585. The molecule has 1 saturated heterocycles. The topological polar surface area (TPSA) is 15.3 Å². The normalized spacial score (nSPS) is 25.6. The summed E-state index contributed by atoms with van der Waals surface area (Å²) in [6.07, 6.45) is 4.96. The highest BCUT2D eigenvalue weighted by Crippen LogP contribution is 2.30. The number of hydrogen-bond donors (Lipinski definition) is 1. The van der Waals surface area contributed by atoms with Gasteiger partial charge in [0.25, 0.3) is 0 Å². The Labute approximate surface area is 124 Å². The molecule has 0 saturated carbocycles. The maximum absolute atomic E-state index is 3.71. The highest BCUT2D eigenvalue weighted by Gasteiger charge is 2.31. The van der Waals surface area contributed by atoms with Gasteiger partial charge < -0.3 is 5.32 Å². The Bertz CT molecular complexity index is 376. The molecule has 2 nitrogen and oxygen atoms in total. The van der Waals surface area contributed by atoms with Crippen LogP contribution in [0, 0.1) is 0 Å². The molecule has 3 atom stereocenters. The first kappa shape index (κ1) is 15.5. The van der Waals surface area contributed by atoms with Crippen molar-refractivity contribution in [1.82, 2.24) is 10.2 Å². The summed E-state index contributed by atoms with van der Waals surface area (Å²) >= 11 is 0. The molecule has 1 heterocycles. The van der Waals surface area contributed by atoms with Crippen LogP contribution in [0.5, 0.6) is 0 Å². The molecule has 2 rings (SSSR count). The van der Waals surface area contributed by atoms with E-state index in [9.17, 15) is 0 Å². The lowest BCUT2D eigenvalue weighted by Gasteiger charge is -2.44. The summed E-state index contributed by atoms with van der Waals surface area (Å²) in [4.78, 5) is 2.77. The fourth-order valence-corrected chi connectivity index (χ4v) is 3.39. The molecule has 0 aromatic heterocycles. The zero-order valence-electron chi connectivity index (χ0n) is 13.3. The first-order chi connectivity index (χ1) is 9.80. The van der Waals surface area contributed by atoms with Crippen LogP contribution in [-0.4, -0.2) is 30.1 Å². The third-order valence-corrected chi connectivity index (χ3v) is 4.65. The summed E-state index contributed by atoms with van der Waals surface area (Å²) in [5.74, 6) is 0. The van der Waals surface area contributed by atoms with E-state index >= 15 is 0 Å². The molecule has 0 bridgehead atoms. The Hall–Kier alpha value is -0.860. The number of nitrogens with zero attached hydrogens (tertiary/aromatic N) is 1. The van der Waals surface area contributed by atoms with Crippen LogP contribution in [0.2, 0.25) is 0 Å². The van der Waals surface area contributed by atoms with E-state index in [1.54, 1.807) is 0 Å². The van der Waals surface area contributed by atoms with Crippen molar-refractivity contribution in [2.45, 2.75) is 64.6 Å². The third-order valence-electron chi connectivity index (χ3n) is 4.65. The summed E-state index contributed by atoms with van der Waals surface area (Å²) in [7, 11) is 0. The van der Waals surface area contributed by atoms with Crippen LogP contribution in [0.15, 0.2) is 30.3 Å². The van der Waals surface area contributed by atoms with Crippen molar-refractivity contribution in [1.29, 1.82) is 0 Å². The Kier molecular flexibility index (Phi) is 6.06. The smallest absolute Gasteiger partial charge is 0.0352 e. The average Bonchev–Trinajstić information content (AvgIpc) is 2.53. The Morgan fingerprint density at radius 2 is 1.90 bits per heavy atom. The van der Waals surface area contributed by atoms with E-state index in [2.05, 4.69) is 61.3 Å². The molecule has 1 aliphatic heterocycles. The van der Waals surface area contributed by atoms with E-state index in [0.29, 0.717) is 18.1 Å². The average molecular weight is 274 g/mol. The van der Waals surface area contributed by atoms with Crippen LogP contribution in [-0.2, 0) is 0 Å². The van der Waals surface area contributed by atoms with E-state index in [1.807, 2.05) is 0 Å². The van der Waals surface area contributed by atoms with Crippen LogP contribution in [0.3, 0.4) is 0 Å². The van der Waals surface area contributed by atoms with E-state index in [-0.39, 0.29) is 0 Å². The highest BCUT2D eigenvalue weighted by atomic mass is 15.3. The van der Waals surface area contributed by atoms with Gasteiger partial charge in [-0.1, -0.05) is 57.5 Å². The number of benzene rings is 1. The van der Waals surface area contributed by atoms with Crippen LogP contribution in [0.25, 0.3) is 0 Å². The summed E-state index contributed by atoms with van der Waals surface area (Å²) in [5.41, 5.74) is 1.49. The number of nitrogens with one attached hydrogen (secondary N) is 1. The molecule has 1 N–H and O–H groups in total. The summed E-state index contributed by atoms with van der Waals surface area (Å²) in [6.45, 7) is 9.24. The number of hydrogen-bond acceptors (Lipinski definition) is 2. The summed E-state index contributed by atoms with van der Waals surface area (Å²) in [5, 5.41) is 3.71. The molecule has 20 heavy (non-hydrogen) atoms. The highest BCUT2D eigenvalue weighted by molar-refractivity contribution is 5.19. The number of rotatable bonds is 6. The van der Waals surface area contributed by atoms with Crippen LogP contribution in [0.1, 0.15) is 58.1 Å². The van der Waals surface area contributed by atoms with Gasteiger partial charge >= 0.3 is 0 Å². The molecule has 1 aliphatic rings. The van der Waals surface area contributed by atoms with Gasteiger partial charge in [-0.25, -0.2) is 0 Å². The molecular weight excluding hydrogens is 244 g/mol. The van der Waals surface area contributed by atoms with Crippen molar-refractivity contribution in [2.75, 3.05) is 13.1 Å². The largest absolute Gasteiger partial charge is 0.311 e. The minimum Gasteiger partial charge on any atom is -0.311 e. The first-order valence-corrected chi connectivity index (χ1v) is 8.34. The summed E-state index contributed by atoms with van der Waals surface area (Å²) < 4.78 is 0. The second-order valence-corrected chi connectivity index (χ2v) is 5.99. The van der Waals surface area contributed by atoms with E-state index in [0.717, 1.165) is 6.54 Å². The standard InChI is InChI=1S/C18H30N2/c1-4-10-18(15-11-8-7-9-12-15)20-14-16(5-2)19-13-17(20)6-3/h7-9,11-12,16-19H,4-6,10,13-14H2,1-3H3. The van der Waals surface area contributed by atoms with Gasteiger partial charge in [-0.15, -0.1) is 0 Å². The predicted molar refractivity (Wildman–Crippen MR) is 87.0 cm³/mol. The number of piperazine rings is 1. The zero-order chi connectivity index (χ0) is 14.4. The van der Waals surface area contributed by atoms with Crippen molar-refractivity contribution < 1.29 is 0 Å². The van der Waals surface area contributed by atoms with Crippen LogP contribution in [0.4, 0.5) is 0 Å². The lowest BCUT2D eigenvalue weighted by atomic mass is 9.95. The van der Waals surface area contributed by atoms with Crippen molar-refractivity contribution >= 4 is 0 Å². The molecule has 0 radical (unpaired) electrons. The fraction of sp³-hybridized carbons (Fsp3) is 0.667. The Morgan fingerprint density at radius 1 is 1.15 bits per heavy atom. The van der Waals surface area contributed by atoms with Crippen LogP contribution >= 0.6 is 0 Å². The molecule has 0 amide bonds. The van der Waals surface area contributed by atoms with Crippen molar-refractivity contribution in [3.8, 4) is 0 Å². The first-order valence-electron chi connectivity index (χ1n) is 8.34. The maximum Gasteiger partial charge on any atom is 0.0352 e. The van der Waals surface area contributed by atoms with E-state index in [1.165, 1.54) is 37.8 Å². The predicted octanol–water partition coefficient (Wildman–Crippen LogP) is 3.99. The van der Waals surface area contributed by atoms with Gasteiger partial charge in [0.15, 0.2) is 0 Å². The van der Waals surface area contributed by atoms with Crippen molar-refractivity contribution in [2.24, 2.45) is 0 Å². The van der Waals surface area contributed by atoms with Gasteiger partial charge in [0, 0.05) is 31.2 Å². The molecule has 0 spiro atoms. The molecule has 1 fully saturated rings.